The summed E-state index contributed by atoms with van der Waals surface area (Å²) in [5, 5.41) is 3.50. The molecular formula is C17H26N2O3. The summed E-state index contributed by atoms with van der Waals surface area (Å²) < 4.78 is 10.3. The minimum absolute atomic E-state index is 0.328. The number of hydrogen-bond acceptors (Lipinski definition) is 5. The van der Waals surface area contributed by atoms with E-state index in [-0.39, 0.29) is 5.97 Å². The maximum absolute atomic E-state index is 12.1. The molecule has 0 heterocycles. The van der Waals surface area contributed by atoms with E-state index >= 15 is 0 Å². The van der Waals surface area contributed by atoms with Crippen LogP contribution in [0.5, 0.6) is 5.75 Å². The van der Waals surface area contributed by atoms with Crippen molar-refractivity contribution < 1.29 is 14.3 Å². The van der Waals surface area contributed by atoms with Gasteiger partial charge in [0, 0.05) is 5.69 Å². The molecule has 0 radical (unpaired) electrons. The fourth-order valence-corrected chi connectivity index (χ4v) is 3.12. The number of nitrogens with two attached hydrogens (primary N) is 1. The highest BCUT2D eigenvalue weighted by Gasteiger charge is 2.42. The van der Waals surface area contributed by atoms with Gasteiger partial charge in [-0.05, 0) is 44.0 Å². The summed E-state index contributed by atoms with van der Waals surface area (Å²) in [5.41, 5.74) is 6.77. The minimum Gasteiger partial charge on any atom is -0.497 e. The number of carbonyl (C=O) groups excluding carboxylic acids is 1. The summed E-state index contributed by atoms with van der Waals surface area (Å²) in [5.74, 6) is 0.475. The molecular weight excluding hydrogens is 280 g/mol. The van der Waals surface area contributed by atoms with E-state index in [0.717, 1.165) is 37.1 Å². The normalized spacial score (nSPS) is 18.3. The van der Waals surface area contributed by atoms with E-state index in [0.29, 0.717) is 6.61 Å². The van der Waals surface area contributed by atoms with E-state index in [4.69, 9.17) is 15.2 Å². The Labute approximate surface area is 132 Å². The lowest BCUT2D eigenvalue weighted by atomic mass is 9.76. The zero-order valence-corrected chi connectivity index (χ0v) is 13.4. The van der Waals surface area contributed by atoms with Gasteiger partial charge in [-0.2, -0.15) is 0 Å². The second-order valence-corrected chi connectivity index (χ2v) is 5.80. The molecule has 1 aliphatic carbocycles. The molecule has 0 unspecified atom stereocenters. The van der Waals surface area contributed by atoms with E-state index < -0.39 is 11.6 Å². The van der Waals surface area contributed by atoms with Crippen molar-refractivity contribution in [3.8, 4) is 5.75 Å². The van der Waals surface area contributed by atoms with Gasteiger partial charge in [0.15, 0.2) is 0 Å². The minimum atomic E-state index is -0.658. The number of ether oxygens (including phenoxy) is 2. The summed E-state index contributed by atoms with van der Waals surface area (Å²) in [6.07, 6.45) is 5.06. The van der Waals surface area contributed by atoms with Crippen LogP contribution < -0.4 is 15.8 Å². The first-order chi connectivity index (χ1) is 10.6. The Balaban J connectivity index is 2.18. The van der Waals surface area contributed by atoms with Crippen LogP contribution in [-0.2, 0) is 9.53 Å². The smallest absolute Gasteiger partial charge is 0.325 e. The molecule has 5 nitrogen and oxygen atoms in total. The quantitative estimate of drug-likeness (QED) is 0.791. The molecule has 1 atom stereocenters. The summed E-state index contributed by atoms with van der Waals surface area (Å²) in [4.78, 5) is 12.1. The third-order valence-electron chi connectivity index (χ3n) is 4.36. The predicted octanol–water partition coefficient (Wildman–Crippen LogP) is 2.70. The lowest BCUT2D eigenvalue weighted by Gasteiger charge is -2.42. The van der Waals surface area contributed by atoms with E-state index in [1.807, 2.05) is 24.3 Å². The van der Waals surface area contributed by atoms with Crippen molar-refractivity contribution in [1.29, 1.82) is 0 Å². The van der Waals surface area contributed by atoms with Crippen molar-refractivity contribution in [2.75, 3.05) is 19.0 Å². The molecule has 1 aromatic rings. The molecule has 1 aliphatic rings. The van der Waals surface area contributed by atoms with Gasteiger partial charge in [0.1, 0.15) is 11.8 Å². The average Bonchev–Trinajstić information content (AvgIpc) is 2.56. The van der Waals surface area contributed by atoms with E-state index in [9.17, 15) is 4.79 Å². The standard InChI is InChI=1S/C17H26N2O3/c1-3-22-16(20)15(18)17(11-5-4-6-12-17)19-13-7-9-14(21-2)10-8-13/h7-10,15,19H,3-6,11-12,18H2,1-2H3/t15-/m1/s1. The van der Waals surface area contributed by atoms with Gasteiger partial charge in [0.2, 0.25) is 0 Å². The van der Waals surface area contributed by atoms with Crippen molar-refractivity contribution in [3.05, 3.63) is 24.3 Å². The maximum atomic E-state index is 12.1. The van der Waals surface area contributed by atoms with Crippen LogP contribution in [0.25, 0.3) is 0 Å². The van der Waals surface area contributed by atoms with Crippen molar-refractivity contribution in [2.24, 2.45) is 5.73 Å². The summed E-state index contributed by atoms with van der Waals surface area (Å²) >= 11 is 0. The number of carbonyl (C=O) groups is 1. The number of methoxy groups -OCH3 is 1. The first kappa shape index (κ1) is 16.6. The zero-order valence-electron chi connectivity index (χ0n) is 13.4. The molecule has 1 saturated carbocycles. The van der Waals surface area contributed by atoms with Gasteiger partial charge in [0.05, 0.1) is 19.3 Å². The zero-order chi connectivity index (χ0) is 16.0. The van der Waals surface area contributed by atoms with Crippen LogP contribution in [0.3, 0.4) is 0 Å². The number of rotatable bonds is 6. The number of benzene rings is 1. The van der Waals surface area contributed by atoms with Gasteiger partial charge in [-0.1, -0.05) is 19.3 Å². The Morgan fingerprint density at radius 3 is 2.45 bits per heavy atom. The molecule has 5 heteroatoms. The monoisotopic (exact) mass is 306 g/mol. The lowest BCUT2D eigenvalue weighted by molar-refractivity contribution is -0.146. The van der Waals surface area contributed by atoms with Crippen LogP contribution in [0.2, 0.25) is 0 Å². The highest BCUT2D eigenvalue weighted by atomic mass is 16.5. The van der Waals surface area contributed by atoms with Crippen LogP contribution in [0.4, 0.5) is 5.69 Å². The van der Waals surface area contributed by atoms with Crippen LogP contribution >= 0.6 is 0 Å². The Hall–Kier alpha value is -1.75. The Bertz CT molecular complexity index is 481. The first-order valence-electron chi connectivity index (χ1n) is 7.96. The first-order valence-corrected chi connectivity index (χ1v) is 7.96. The second-order valence-electron chi connectivity index (χ2n) is 5.80. The molecule has 0 bridgehead atoms. The van der Waals surface area contributed by atoms with Gasteiger partial charge in [0.25, 0.3) is 0 Å². The third kappa shape index (κ3) is 3.71. The van der Waals surface area contributed by atoms with Crippen LogP contribution in [-0.4, -0.2) is 31.3 Å². The molecule has 0 amide bonds. The Morgan fingerprint density at radius 1 is 1.27 bits per heavy atom. The summed E-state index contributed by atoms with van der Waals surface area (Å²) in [6.45, 7) is 2.15. The average molecular weight is 306 g/mol. The molecule has 0 aliphatic heterocycles. The Kier molecular flexibility index (Phi) is 5.66. The van der Waals surface area contributed by atoms with Gasteiger partial charge < -0.3 is 20.5 Å². The summed E-state index contributed by atoms with van der Waals surface area (Å²) in [6, 6.07) is 7.04. The molecule has 0 aromatic heterocycles. The van der Waals surface area contributed by atoms with Gasteiger partial charge >= 0.3 is 5.97 Å². The third-order valence-corrected chi connectivity index (χ3v) is 4.36. The molecule has 3 N–H and O–H groups in total. The van der Waals surface area contributed by atoms with Crippen LogP contribution in [0.1, 0.15) is 39.0 Å². The largest absolute Gasteiger partial charge is 0.497 e. The summed E-state index contributed by atoms with van der Waals surface area (Å²) in [7, 11) is 1.64. The predicted molar refractivity (Wildman–Crippen MR) is 87.0 cm³/mol. The molecule has 0 spiro atoms. The SMILES string of the molecule is CCOC(=O)[C@@H](N)C1(Nc2ccc(OC)cc2)CCCCC1. The maximum Gasteiger partial charge on any atom is 0.325 e. The fourth-order valence-electron chi connectivity index (χ4n) is 3.12. The number of anilines is 1. The topological polar surface area (TPSA) is 73.6 Å². The lowest BCUT2D eigenvalue weighted by Crippen LogP contribution is -2.59. The number of nitrogens with one attached hydrogen (secondary N) is 1. The fraction of sp³-hybridized carbons (Fsp3) is 0.588. The van der Waals surface area contributed by atoms with Gasteiger partial charge in [-0.15, -0.1) is 0 Å². The van der Waals surface area contributed by atoms with Crippen LogP contribution in [0.15, 0.2) is 24.3 Å². The van der Waals surface area contributed by atoms with Crippen molar-refractivity contribution in [1.82, 2.24) is 0 Å². The second kappa shape index (κ2) is 7.49. The van der Waals surface area contributed by atoms with Crippen molar-refractivity contribution in [3.63, 3.8) is 0 Å². The van der Waals surface area contributed by atoms with Crippen molar-refractivity contribution >= 4 is 11.7 Å². The highest BCUT2D eigenvalue weighted by molar-refractivity contribution is 5.78. The number of esters is 1. The van der Waals surface area contributed by atoms with Gasteiger partial charge in [-0.25, -0.2) is 0 Å². The highest BCUT2D eigenvalue weighted by Crippen LogP contribution is 2.34. The molecule has 22 heavy (non-hydrogen) atoms. The molecule has 0 saturated heterocycles. The van der Waals surface area contributed by atoms with E-state index in [1.165, 1.54) is 6.42 Å². The molecule has 122 valence electrons. The molecule has 1 fully saturated rings. The van der Waals surface area contributed by atoms with Crippen LogP contribution in [0, 0.1) is 0 Å². The molecule has 1 aromatic carbocycles. The van der Waals surface area contributed by atoms with E-state index in [1.54, 1.807) is 14.0 Å². The number of hydrogen-bond donors (Lipinski definition) is 2. The van der Waals surface area contributed by atoms with Gasteiger partial charge in [-0.3, -0.25) is 4.79 Å². The Morgan fingerprint density at radius 2 is 1.91 bits per heavy atom. The van der Waals surface area contributed by atoms with Crippen molar-refractivity contribution in [2.45, 2.75) is 50.6 Å². The van der Waals surface area contributed by atoms with E-state index in [2.05, 4.69) is 5.32 Å². The molecule has 2 rings (SSSR count).